The van der Waals surface area contributed by atoms with Crippen LogP contribution in [-0.2, 0) is 9.47 Å². The van der Waals surface area contributed by atoms with E-state index >= 15 is 0 Å². The minimum absolute atomic E-state index is 0.456. The first kappa shape index (κ1) is 18.0. The van der Waals surface area contributed by atoms with Crippen molar-refractivity contribution in [3.05, 3.63) is 60.2 Å². The van der Waals surface area contributed by atoms with E-state index in [1.54, 1.807) is 24.3 Å². The summed E-state index contributed by atoms with van der Waals surface area (Å²) in [5.41, 5.74) is 0.631. The van der Waals surface area contributed by atoms with Crippen LogP contribution in [0.1, 0.15) is 10.4 Å². The van der Waals surface area contributed by atoms with E-state index in [1.165, 1.54) is 0 Å². The second kappa shape index (κ2) is 11.2. The van der Waals surface area contributed by atoms with Crippen LogP contribution in [0, 0.1) is 0 Å². The van der Waals surface area contributed by atoms with Crippen molar-refractivity contribution >= 4 is 6.29 Å². The first-order chi connectivity index (χ1) is 11.9. The van der Waals surface area contributed by atoms with Gasteiger partial charge in [-0.05, 0) is 36.4 Å². The summed E-state index contributed by atoms with van der Waals surface area (Å²) < 4.78 is 21.8. The highest BCUT2D eigenvalue weighted by atomic mass is 16.6. The lowest BCUT2D eigenvalue weighted by atomic mass is 10.2. The van der Waals surface area contributed by atoms with Crippen molar-refractivity contribution in [1.82, 2.24) is 0 Å². The molecular formula is C19H22O5. The third kappa shape index (κ3) is 7.26. The number of carbonyl (C=O) groups excluding carboxylic acids is 1. The van der Waals surface area contributed by atoms with Gasteiger partial charge in [0.05, 0.1) is 26.4 Å². The van der Waals surface area contributed by atoms with Crippen LogP contribution in [0.25, 0.3) is 0 Å². The quantitative estimate of drug-likeness (QED) is 0.442. The third-order valence-corrected chi connectivity index (χ3v) is 3.12. The van der Waals surface area contributed by atoms with E-state index in [2.05, 4.69) is 0 Å². The zero-order valence-electron chi connectivity index (χ0n) is 13.6. The van der Waals surface area contributed by atoms with Gasteiger partial charge < -0.3 is 18.9 Å². The summed E-state index contributed by atoms with van der Waals surface area (Å²) in [4.78, 5) is 10.5. The average molecular weight is 330 g/mol. The number of benzene rings is 2. The molecule has 0 saturated carbocycles. The van der Waals surface area contributed by atoms with Gasteiger partial charge in [-0.2, -0.15) is 0 Å². The number of rotatable bonds is 12. The maximum Gasteiger partial charge on any atom is 0.150 e. The molecule has 0 amide bonds. The Balaban J connectivity index is 1.40. The fourth-order valence-corrected chi connectivity index (χ4v) is 1.92. The zero-order valence-corrected chi connectivity index (χ0v) is 13.6. The van der Waals surface area contributed by atoms with Crippen LogP contribution in [0.15, 0.2) is 54.6 Å². The predicted molar refractivity (Wildman–Crippen MR) is 90.9 cm³/mol. The van der Waals surface area contributed by atoms with Gasteiger partial charge in [0.25, 0.3) is 0 Å². The molecule has 0 aliphatic heterocycles. The number of para-hydroxylation sites is 1. The Labute approximate surface area is 142 Å². The van der Waals surface area contributed by atoms with Crippen molar-refractivity contribution in [2.45, 2.75) is 0 Å². The summed E-state index contributed by atoms with van der Waals surface area (Å²) in [7, 11) is 0. The summed E-state index contributed by atoms with van der Waals surface area (Å²) in [5, 5.41) is 0. The van der Waals surface area contributed by atoms with Crippen molar-refractivity contribution in [2.24, 2.45) is 0 Å². The number of carbonyl (C=O) groups is 1. The molecule has 0 N–H and O–H groups in total. The van der Waals surface area contributed by atoms with Gasteiger partial charge in [-0.15, -0.1) is 0 Å². The van der Waals surface area contributed by atoms with E-state index < -0.39 is 0 Å². The molecule has 0 spiro atoms. The van der Waals surface area contributed by atoms with Gasteiger partial charge in [0, 0.05) is 5.56 Å². The zero-order chi connectivity index (χ0) is 16.9. The number of hydrogen-bond acceptors (Lipinski definition) is 5. The van der Waals surface area contributed by atoms with Gasteiger partial charge >= 0.3 is 0 Å². The van der Waals surface area contributed by atoms with Gasteiger partial charge in [-0.3, -0.25) is 4.79 Å². The predicted octanol–water partition coefficient (Wildman–Crippen LogP) is 2.99. The van der Waals surface area contributed by atoms with Gasteiger partial charge in [-0.1, -0.05) is 18.2 Å². The van der Waals surface area contributed by atoms with E-state index in [0.29, 0.717) is 45.2 Å². The molecule has 0 unspecified atom stereocenters. The number of hydrogen-bond donors (Lipinski definition) is 0. The van der Waals surface area contributed by atoms with Crippen LogP contribution in [0.4, 0.5) is 0 Å². The molecular weight excluding hydrogens is 308 g/mol. The molecule has 5 heteroatoms. The topological polar surface area (TPSA) is 54.0 Å². The smallest absolute Gasteiger partial charge is 0.150 e. The molecule has 2 rings (SSSR count). The highest BCUT2D eigenvalue weighted by Crippen LogP contribution is 2.10. The van der Waals surface area contributed by atoms with Gasteiger partial charge in [0.15, 0.2) is 0 Å². The van der Waals surface area contributed by atoms with Gasteiger partial charge in [0.1, 0.15) is 31.0 Å². The van der Waals surface area contributed by atoms with Crippen molar-refractivity contribution in [3.63, 3.8) is 0 Å². The molecule has 0 aromatic heterocycles. The van der Waals surface area contributed by atoms with Crippen LogP contribution in [-0.4, -0.2) is 45.9 Å². The maximum atomic E-state index is 10.5. The van der Waals surface area contributed by atoms with Crippen molar-refractivity contribution < 1.29 is 23.7 Å². The Morgan fingerprint density at radius 1 is 0.625 bits per heavy atom. The lowest BCUT2D eigenvalue weighted by Crippen LogP contribution is -2.13. The van der Waals surface area contributed by atoms with E-state index in [0.717, 1.165) is 17.8 Å². The van der Waals surface area contributed by atoms with Crippen molar-refractivity contribution in [3.8, 4) is 11.5 Å². The van der Waals surface area contributed by atoms with E-state index in [1.807, 2.05) is 30.3 Å². The van der Waals surface area contributed by atoms with Crippen LogP contribution in [0.2, 0.25) is 0 Å². The van der Waals surface area contributed by atoms with E-state index in [4.69, 9.17) is 18.9 Å². The monoisotopic (exact) mass is 330 g/mol. The molecule has 0 aliphatic carbocycles. The van der Waals surface area contributed by atoms with Gasteiger partial charge in [-0.25, -0.2) is 0 Å². The fraction of sp³-hybridized carbons (Fsp3) is 0.316. The van der Waals surface area contributed by atoms with Crippen LogP contribution < -0.4 is 9.47 Å². The van der Waals surface area contributed by atoms with E-state index in [-0.39, 0.29) is 0 Å². The number of aldehydes is 1. The molecule has 0 fully saturated rings. The highest BCUT2D eigenvalue weighted by Gasteiger charge is 1.96. The van der Waals surface area contributed by atoms with Gasteiger partial charge in [0.2, 0.25) is 0 Å². The fourth-order valence-electron chi connectivity index (χ4n) is 1.92. The Morgan fingerprint density at radius 3 is 1.67 bits per heavy atom. The molecule has 0 aliphatic rings. The Hall–Kier alpha value is -2.37. The lowest BCUT2D eigenvalue weighted by molar-refractivity contribution is 0.0273. The normalized spacial score (nSPS) is 10.3. The lowest BCUT2D eigenvalue weighted by Gasteiger charge is -2.08. The van der Waals surface area contributed by atoms with Crippen LogP contribution in [0.3, 0.4) is 0 Å². The number of ether oxygens (including phenoxy) is 4. The second-order valence-electron chi connectivity index (χ2n) is 4.92. The molecule has 0 heterocycles. The minimum atomic E-state index is 0.456. The summed E-state index contributed by atoms with van der Waals surface area (Å²) in [6.45, 7) is 3.02. The summed E-state index contributed by atoms with van der Waals surface area (Å²) in [5.74, 6) is 1.56. The van der Waals surface area contributed by atoms with E-state index in [9.17, 15) is 4.79 Å². The first-order valence-electron chi connectivity index (χ1n) is 7.90. The molecule has 0 atom stereocenters. The molecule has 0 saturated heterocycles. The Morgan fingerprint density at radius 2 is 1.12 bits per heavy atom. The Bertz CT molecular complexity index is 568. The largest absolute Gasteiger partial charge is 0.491 e. The molecule has 24 heavy (non-hydrogen) atoms. The van der Waals surface area contributed by atoms with Crippen molar-refractivity contribution in [2.75, 3.05) is 39.6 Å². The van der Waals surface area contributed by atoms with Crippen LogP contribution >= 0.6 is 0 Å². The summed E-state index contributed by atoms with van der Waals surface area (Å²) >= 11 is 0. The third-order valence-electron chi connectivity index (χ3n) is 3.12. The molecule has 0 bridgehead atoms. The molecule has 128 valence electrons. The van der Waals surface area contributed by atoms with Crippen LogP contribution in [0.5, 0.6) is 11.5 Å². The summed E-state index contributed by atoms with van der Waals surface area (Å²) in [6, 6.07) is 16.6. The molecule has 2 aromatic rings. The maximum absolute atomic E-state index is 10.5. The second-order valence-corrected chi connectivity index (χ2v) is 4.92. The average Bonchev–Trinajstić information content (AvgIpc) is 2.64. The summed E-state index contributed by atoms with van der Waals surface area (Å²) in [6.07, 6.45) is 0.803. The van der Waals surface area contributed by atoms with Crippen molar-refractivity contribution in [1.29, 1.82) is 0 Å². The minimum Gasteiger partial charge on any atom is -0.491 e. The molecule has 5 nitrogen and oxygen atoms in total. The first-order valence-corrected chi connectivity index (χ1v) is 7.90. The standard InChI is InChI=1S/C19H22O5/c20-16-17-6-8-19(9-7-17)24-15-13-22-11-10-21-12-14-23-18-4-2-1-3-5-18/h1-9,16H,10-15H2. The Kier molecular flexibility index (Phi) is 8.40. The SMILES string of the molecule is O=Cc1ccc(OCCOCCOCCOc2ccccc2)cc1. The molecule has 0 radical (unpaired) electrons. The molecule has 2 aromatic carbocycles. The highest BCUT2D eigenvalue weighted by molar-refractivity contribution is 5.74.